The van der Waals surface area contributed by atoms with E-state index >= 15 is 0 Å². The third-order valence-corrected chi connectivity index (χ3v) is 4.14. The molecule has 5 nitrogen and oxygen atoms in total. The van der Waals surface area contributed by atoms with Gasteiger partial charge in [-0.15, -0.1) is 0 Å². The lowest BCUT2D eigenvalue weighted by molar-refractivity contribution is 0.214. The van der Waals surface area contributed by atoms with Crippen molar-refractivity contribution in [3.63, 3.8) is 0 Å². The van der Waals surface area contributed by atoms with Crippen LogP contribution in [0.15, 0.2) is 30.3 Å². The number of phenols is 2. The summed E-state index contributed by atoms with van der Waals surface area (Å²) in [7, 11) is 3.03. The number of methoxy groups -OCH3 is 2. The minimum Gasteiger partial charge on any atom is -0.508 e. The third-order valence-electron chi connectivity index (χ3n) is 4.14. The Morgan fingerprint density at radius 1 is 1.13 bits per heavy atom. The second-order valence-electron chi connectivity index (χ2n) is 5.69. The molecular weight excluding hydrogens is 296 g/mol. The molecule has 0 bridgehead atoms. The molecule has 0 amide bonds. The van der Waals surface area contributed by atoms with E-state index in [-0.39, 0.29) is 17.4 Å². The number of ether oxygens (including phenoxy) is 3. The first kappa shape index (κ1) is 15.3. The van der Waals surface area contributed by atoms with Crippen LogP contribution >= 0.6 is 0 Å². The van der Waals surface area contributed by atoms with E-state index in [2.05, 4.69) is 0 Å². The predicted molar refractivity (Wildman–Crippen MR) is 85.7 cm³/mol. The Hall–Kier alpha value is -2.56. The second-order valence-corrected chi connectivity index (χ2v) is 5.69. The molecule has 0 aromatic heterocycles. The van der Waals surface area contributed by atoms with Crippen LogP contribution in [0.5, 0.6) is 28.7 Å². The molecule has 1 aliphatic rings. The lowest BCUT2D eigenvalue weighted by Crippen LogP contribution is -2.23. The van der Waals surface area contributed by atoms with E-state index in [1.807, 2.05) is 12.1 Å². The van der Waals surface area contributed by atoms with Crippen molar-refractivity contribution < 1.29 is 24.4 Å². The quantitative estimate of drug-likeness (QED) is 0.908. The molecule has 23 heavy (non-hydrogen) atoms. The SMILES string of the molecule is COc1cc2c(c(O)c1OC)CC(Cc1ccc(O)cc1)CO2. The first-order chi connectivity index (χ1) is 11.1. The van der Waals surface area contributed by atoms with Crippen LogP contribution in [0.4, 0.5) is 0 Å². The van der Waals surface area contributed by atoms with Gasteiger partial charge >= 0.3 is 0 Å². The highest BCUT2D eigenvalue weighted by Crippen LogP contribution is 2.47. The zero-order chi connectivity index (χ0) is 16.4. The maximum Gasteiger partial charge on any atom is 0.203 e. The van der Waals surface area contributed by atoms with Gasteiger partial charge in [0, 0.05) is 17.5 Å². The van der Waals surface area contributed by atoms with Crippen molar-refractivity contribution in [2.24, 2.45) is 5.92 Å². The van der Waals surface area contributed by atoms with Gasteiger partial charge < -0.3 is 24.4 Å². The fraction of sp³-hybridized carbons (Fsp3) is 0.333. The Morgan fingerprint density at radius 3 is 2.52 bits per heavy atom. The average Bonchev–Trinajstić information content (AvgIpc) is 2.57. The molecule has 5 heteroatoms. The van der Waals surface area contributed by atoms with Gasteiger partial charge in [0.2, 0.25) is 5.75 Å². The topological polar surface area (TPSA) is 68.2 Å². The molecule has 0 saturated heterocycles. The Morgan fingerprint density at radius 2 is 1.87 bits per heavy atom. The van der Waals surface area contributed by atoms with Crippen molar-refractivity contribution in [2.45, 2.75) is 12.8 Å². The number of rotatable bonds is 4. The number of benzene rings is 2. The molecule has 122 valence electrons. The summed E-state index contributed by atoms with van der Waals surface area (Å²) >= 11 is 0. The normalized spacial score (nSPS) is 16.3. The zero-order valence-electron chi connectivity index (χ0n) is 13.2. The van der Waals surface area contributed by atoms with E-state index in [0.717, 1.165) is 17.5 Å². The van der Waals surface area contributed by atoms with E-state index in [9.17, 15) is 10.2 Å². The lowest BCUT2D eigenvalue weighted by Gasteiger charge is -2.27. The van der Waals surface area contributed by atoms with Crippen LogP contribution in [0.2, 0.25) is 0 Å². The van der Waals surface area contributed by atoms with E-state index in [1.165, 1.54) is 14.2 Å². The van der Waals surface area contributed by atoms with Gasteiger partial charge in [-0.3, -0.25) is 0 Å². The van der Waals surface area contributed by atoms with Gasteiger partial charge in [-0.05, 0) is 30.5 Å². The molecule has 0 fully saturated rings. The van der Waals surface area contributed by atoms with Gasteiger partial charge in [0.05, 0.1) is 20.8 Å². The summed E-state index contributed by atoms with van der Waals surface area (Å²) in [5.74, 6) is 2.02. The fourth-order valence-electron chi connectivity index (χ4n) is 2.97. The molecule has 1 heterocycles. The minimum absolute atomic E-state index is 0.0808. The van der Waals surface area contributed by atoms with Crippen LogP contribution in [0.3, 0.4) is 0 Å². The second kappa shape index (κ2) is 6.28. The monoisotopic (exact) mass is 316 g/mol. The summed E-state index contributed by atoms with van der Waals surface area (Å²) in [6.45, 7) is 0.572. The molecule has 2 aromatic rings. The fourth-order valence-corrected chi connectivity index (χ4v) is 2.97. The first-order valence-corrected chi connectivity index (χ1v) is 7.50. The summed E-state index contributed by atoms with van der Waals surface area (Å²) in [5.41, 5.74) is 1.87. The van der Waals surface area contributed by atoms with Crippen LogP contribution < -0.4 is 14.2 Å². The van der Waals surface area contributed by atoms with Gasteiger partial charge in [-0.25, -0.2) is 0 Å². The van der Waals surface area contributed by atoms with Crippen molar-refractivity contribution in [1.82, 2.24) is 0 Å². The number of hydrogen-bond donors (Lipinski definition) is 2. The van der Waals surface area contributed by atoms with Crippen molar-refractivity contribution in [2.75, 3.05) is 20.8 Å². The zero-order valence-corrected chi connectivity index (χ0v) is 13.2. The van der Waals surface area contributed by atoms with E-state index in [0.29, 0.717) is 30.3 Å². The van der Waals surface area contributed by atoms with Crippen LogP contribution in [0.25, 0.3) is 0 Å². The third kappa shape index (κ3) is 2.99. The lowest BCUT2D eigenvalue weighted by atomic mass is 9.90. The predicted octanol–water partition coefficient (Wildman–Crippen LogP) is 2.91. The summed E-state index contributed by atoms with van der Waals surface area (Å²) in [6, 6.07) is 8.92. The highest BCUT2D eigenvalue weighted by atomic mass is 16.5. The average molecular weight is 316 g/mol. The standard InChI is InChI=1S/C18H20O5/c1-21-16-9-15-14(17(20)18(16)22-2)8-12(10-23-15)7-11-3-5-13(19)6-4-11/h3-6,9,12,19-20H,7-8,10H2,1-2H3. The molecule has 0 saturated carbocycles. The molecule has 1 unspecified atom stereocenters. The van der Waals surface area contributed by atoms with Crippen molar-refractivity contribution >= 4 is 0 Å². The highest BCUT2D eigenvalue weighted by Gasteiger charge is 2.27. The molecule has 0 spiro atoms. The van der Waals surface area contributed by atoms with Crippen molar-refractivity contribution in [3.8, 4) is 28.7 Å². The smallest absolute Gasteiger partial charge is 0.203 e. The molecule has 1 aliphatic heterocycles. The Balaban J connectivity index is 1.83. The maximum atomic E-state index is 10.4. The van der Waals surface area contributed by atoms with Gasteiger partial charge in [0.25, 0.3) is 0 Å². The van der Waals surface area contributed by atoms with Crippen molar-refractivity contribution in [1.29, 1.82) is 0 Å². The molecule has 2 N–H and O–H groups in total. The van der Waals surface area contributed by atoms with Crippen LogP contribution in [-0.4, -0.2) is 31.0 Å². The molecule has 1 atom stereocenters. The Bertz CT molecular complexity index is 694. The van der Waals surface area contributed by atoms with E-state index in [4.69, 9.17) is 14.2 Å². The summed E-state index contributed by atoms with van der Waals surface area (Å²) in [4.78, 5) is 0. The summed E-state index contributed by atoms with van der Waals surface area (Å²) in [5, 5.41) is 19.8. The Labute approximate surface area is 135 Å². The van der Waals surface area contributed by atoms with Crippen LogP contribution in [0.1, 0.15) is 11.1 Å². The number of phenolic OH excluding ortho intramolecular Hbond substituents is 2. The summed E-state index contributed by atoms with van der Waals surface area (Å²) < 4.78 is 16.3. The summed E-state index contributed by atoms with van der Waals surface area (Å²) in [6.07, 6.45) is 1.51. The maximum absolute atomic E-state index is 10.4. The molecule has 0 radical (unpaired) electrons. The van der Waals surface area contributed by atoms with Gasteiger partial charge in [0.15, 0.2) is 11.5 Å². The largest absolute Gasteiger partial charge is 0.508 e. The van der Waals surface area contributed by atoms with Crippen LogP contribution in [-0.2, 0) is 12.8 Å². The molecular formula is C18H20O5. The molecule has 3 rings (SSSR count). The van der Waals surface area contributed by atoms with Gasteiger partial charge in [0.1, 0.15) is 11.5 Å². The Kier molecular flexibility index (Phi) is 4.19. The van der Waals surface area contributed by atoms with Gasteiger partial charge in [-0.2, -0.15) is 0 Å². The number of fused-ring (bicyclic) bond motifs is 1. The minimum atomic E-state index is 0.0808. The molecule has 0 aliphatic carbocycles. The number of hydrogen-bond acceptors (Lipinski definition) is 5. The first-order valence-electron chi connectivity index (χ1n) is 7.50. The van der Waals surface area contributed by atoms with Gasteiger partial charge in [-0.1, -0.05) is 12.1 Å². The highest BCUT2D eigenvalue weighted by molar-refractivity contribution is 5.61. The van der Waals surface area contributed by atoms with E-state index < -0.39 is 0 Å². The molecule has 2 aromatic carbocycles. The van der Waals surface area contributed by atoms with Crippen LogP contribution in [0, 0.1) is 5.92 Å². The number of aromatic hydroxyl groups is 2. The van der Waals surface area contributed by atoms with Crippen molar-refractivity contribution in [3.05, 3.63) is 41.5 Å². The van der Waals surface area contributed by atoms with E-state index in [1.54, 1.807) is 18.2 Å².